The maximum Gasteiger partial charge on any atom is 0.222 e. The molecule has 0 aliphatic carbocycles. The van der Waals surface area contributed by atoms with E-state index in [0.29, 0.717) is 6.54 Å². The number of carbonyl (C=O) groups excluding carboxylic acids is 1. The second-order valence-corrected chi connectivity index (χ2v) is 3.96. The lowest BCUT2D eigenvalue weighted by molar-refractivity contribution is -0.115. The SMILES string of the molecule is NC(=O)[CH]CN1CCN(c2ccncn2)CC1. The van der Waals surface area contributed by atoms with Gasteiger partial charge in [0, 0.05) is 38.9 Å². The molecule has 17 heavy (non-hydrogen) atoms. The zero-order valence-corrected chi connectivity index (χ0v) is 9.62. The van der Waals surface area contributed by atoms with Crippen molar-refractivity contribution in [3.05, 3.63) is 25.0 Å². The Hall–Kier alpha value is -1.69. The van der Waals surface area contributed by atoms with Gasteiger partial charge in [-0.25, -0.2) is 9.97 Å². The molecule has 0 bridgehead atoms. The van der Waals surface area contributed by atoms with E-state index >= 15 is 0 Å². The number of piperazine rings is 1. The highest BCUT2D eigenvalue weighted by Gasteiger charge is 2.17. The van der Waals surface area contributed by atoms with Gasteiger partial charge >= 0.3 is 0 Å². The summed E-state index contributed by atoms with van der Waals surface area (Å²) in [6, 6.07) is 1.91. The zero-order valence-electron chi connectivity index (χ0n) is 9.62. The second-order valence-electron chi connectivity index (χ2n) is 3.96. The first-order valence-corrected chi connectivity index (χ1v) is 5.61. The Morgan fingerprint density at radius 2 is 2.18 bits per heavy atom. The minimum absolute atomic E-state index is 0.358. The molecule has 91 valence electrons. The molecule has 0 atom stereocenters. The number of anilines is 1. The molecule has 1 radical (unpaired) electrons. The van der Waals surface area contributed by atoms with Crippen LogP contribution in [0.2, 0.25) is 0 Å². The predicted octanol–water partition coefficient (Wildman–Crippen LogP) is -0.712. The lowest BCUT2D eigenvalue weighted by Gasteiger charge is -2.35. The minimum atomic E-state index is -0.358. The van der Waals surface area contributed by atoms with Gasteiger partial charge in [0.25, 0.3) is 0 Å². The molecule has 1 aliphatic heterocycles. The maximum absolute atomic E-state index is 10.6. The van der Waals surface area contributed by atoms with Gasteiger partial charge in [-0.2, -0.15) is 0 Å². The summed E-state index contributed by atoms with van der Waals surface area (Å²) in [5.41, 5.74) is 5.08. The lowest BCUT2D eigenvalue weighted by Crippen LogP contribution is -2.47. The van der Waals surface area contributed by atoms with Crippen LogP contribution in [0.25, 0.3) is 0 Å². The van der Waals surface area contributed by atoms with E-state index in [2.05, 4.69) is 19.8 Å². The van der Waals surface area contributed by atoms with E-state index in [1.54, 1.807) is 12.5 Å². The molecule has 0 spiro atoms. The predicted molar refractivity (Wildman–Crippen MR) is 64.2 cm³/mol. The molecule has 1 saturated heterocycles. The van der Waals surface area contributed by atoms with Crippen LogP contribution < -0.4 is 10.6 Å². The Morgan fingerprint density at radius 3 is 2.76 bits per heavy atom. The highest BCUT2D eigenvalue weighted by molar-refractivity contribution is 5.83. The number of hydrogen-bond donors (Lipinski definition) is 1. The van der Waals surface area contributed by atoms with Crippen LogP contribution in [0, 0.1) is 6.42 Å². The van der Waals surface area contributed by atoms with Crippen LogP contribution in [-0.4, -0.2) is 53.5 Å². The smallest absolute Gasteiger partial charge is 0.222 e. The Morgan fingerprint density at radius 1 is 1.41 bits per heavy atom. The van der Waals surface area contributed by atoms with Crippen molar-refractivity contribution in [1.29, 1.82) is 0 Å². The molecule has 1 aliphatic rings. The van der Waals surface area contributed by atoms with Crippen molar-refractivity contribution in [2.45, 2.75) is 0 Å². The number of hydrogen-bond acceptors (Lipinski definition) is 5. The number of aromatic nitrogens is 2. The Bertz CT molecular complexity index is 361. The van der Waals surface area contributed by atoms with Gasteiger partial charge in [0.05, 0.1) is 6.42 Å². The summed E-state index contributed by atoms with van der Waals surface area (Å²) in [7, 11) is 0. The van der Waals surface area contributed by atoms with E-state index < -0.39 is 0 Å². The van der Waals surface area contributed by atoms with Crippen LogP contribution in [-0.2, 0) is 4.79 Å². The van der Waals surface area contributed by atoms with Gasteiger partial charge < -0.3 is 10.6 Å². The lowest BCUT2D eigenvalue weighted by atomic mass is 10.3. The molecular weight excluding hydrogens is 218 g/mol. The van der Waals surface area contributed by atoms with Gasteiger partial charge in [0.15, 0.2) is 0 Å². The van der Waals surface area contributed by atoms with Crippen LogP contribution in [0.4, 0.5) is 5.82 Å². The van der Waals surface area contributed by atoms with Gasteiger partial charge in [0.1, 0.15) is 12.1 Å². The van der Waals surface area contributed by atoms with E-state index in [1.807, 2.05) is 6.07 Å². The third kappa shape index (κ3) is 3.39. The molecule has 0 saturated carbocycles. The first-order valence-electron chi connectivity index (χ1n) is 5.61. The number of nitrogens with two attached hydrogens (primary N) is 1. The maximum atomic E-state index is 10.6. The van der Waals surface area contributed by atoms with Gasteiger partial charge in [-0.3, -0.25) is 9.69 Å². The largest absolute Gasteiger partial charge is 0.369 e. The van der Waals surface area contributed by atoms with Crippen molar-refractivity contribution in [2.24, 2.45) is 5.73 Å². The van der Waals surface area contributed by atoms with Crippen LogP contribution in [0.3, 0.4) is 0 Å². The fraction of sp³-hybridized carbons (Fsp3) is 0.455. The molecule has 1 aromatic heterocycles. The van der Waals surface area contributed by atoms with Gasteiger partial charge in [-0.05, 0) is 6.07 Å². The Labute approximate surface area is 100 Å². The second kappa shape index (κ2) is 5.58. The summed E-state index contributed by atoms with van der Waals surface area (Å²) < 4.78 is 0. The monoisotopic (exact) mass is 234 g/mol. The first-order chi connectivity index (χ1) is 8.25. The number of rotatable bonds is 4. The number of nitrogens with zero attached hydrogens (tertiary/aromatic N) is 4. The summed E-state index contributed by atoms with van der Waals surface area (Å²) in [6.45, 7) is 4.27. The molecule has 2 rings (SSSR count). The minimum Gasteiger partial charge on any atom is -0.369 e. The summed E-state index contributed by atoms with van der Waals surface area (Å²) >= 11 is 0. The quantitative estimate of drug-likeness (QED) is 0.744. The fourth-order valence-electron chi connectivity index (χ4n) is 1.85. The third-order valence-corrected chi connectivity index (χ3v) is 2.81. The van der Waals surface area contributed by atoms with Crippen molar-refractivity contribution in [3.63, 3.8) is 0 Å². The fourth-order valence-corrected chi connectivity index (χ4v) is 1.85. The summed E-state index contributed by atoms with van der Waals surface area (Å²) in [5.74, 6) is 0.599. The molecule has 1 fully saturated rings. The van der Waals surface area contributed by atoms with Crippen molar-refractivity contribution in [3.8, 4) is 0 Å². The average molecular weight is 234 g/mol. The molecule has 0 unspecified atom stereocenters. The molecule has 2 heterocycles. The molecule has 0 aromatic carbocycles. The van der Waals surface area contributed by atoms with Gasteiger partial charge in [-0.1, -0.05) is 0 Å². The van der Waals surface area contributed by atoms with Crippen LogP contribution in [0.1, 0.15) is 0 Å². The molecule has 1 aromatic rings. The Balaban J connectivity index is 1.80. The highest BCUT2D eigenvalue weighted by Crippen LogP contribution is 2.11. The Kier molecular flexibility index (Phi) is 3.87. The van der Waals surface area contributed by atoms with E-state index in [4.69, 9.17) is 5.73 Å². The van der Waals surface area contributed by atoms with E-state index in [9.17, 15) is 4.79 Å². The van der Waals surface area contributed by atoms with Crippen molar-refractivity contribution >= 4 is 11.7 Å². The molecule has 6 nitrogen and oxygen atoms in total. The number of primary amides is 1. The summed E-state index contributed by atoms with van der Waals surface area (Å²) in [5, 5.41) is 0. The van der Waals surface area contributed by atoms with E-state index in [1.165, 1.54) is 6.42 Å². The molecule has 2 N–H and O–H groups in total. The van der Waals surface area contributed by atoms with Gasteiger partial charge in [0.2, 0.25) is 5.91 Å². The molecular formula is C11H16N5O. The molecule has 6 heteroatoms. The van der Waals surface area contributed by atoms with Crippen LogP contribution in [0.15, 0.2) is 18.6 Å². The normalized spacial score (nSPS) is 17.1. The van der Waals surface area contributed by atoms with E-state index in [0.717, 1.165) is 32.0 Å². The van der Waals surface area contributed by atoms with E-state index in [-0.39, 0.29) is 5.91 Å². The average Bonchev–Trinajstić information content (AvgIpc) is 2.38. The first kappa shape index (κ1) is 11.8. The standard InChI is InChI=1S/C11H16N5O/c12-10(17)2-4-15-5-7-16(8-6-15)11-1-3-13-9-14-11/h1-3,9H,4-8H2,(H2,12,17). The number of carbonyl (C=O) groups is 1. The third-order valence-electron chi connectivity index (χ3n) is 2.81. The summed E-state index contributed by atoms with van der Waals surface area (Å²) in [6.07, 6.45) is 4.82. The van der Waals surface area contributed by atoms with Crippen molar-refractivity contribution in [2.75, 3.05) is 37.6 Å². The van der Waals surface area contributed by atoms with Gasteiger partial charge in [-0.15, -0.1) is 0 Å². The molecule has 1 amide bonds. The van der Waals surface area contributed by atoms with Crippen molar-refractivity contribution < 1.29 is 4.79 Å². The zero-order chi connectivity index (χ0) is 12.1. The number of amides is 1. The van der Waals surface area contributed by atoms with Crippen LogP contribution >= 0.6 is 0 Å². The van der Waals surface area contributed by atoms with Crippen LogP contribution in [0.5, 0.6) is 0 Å². The topological polar surface area (TPSA) is 75.4 Å². The highest BCUT2D eigenvalue weighted by atomic mass is 16.1. The van der Waals surface area contributed by atoms with Crippen molar-refractivity contribution in [1.82, 2.24) is 14.9 Å². The summed E-state index contributed by atoms with van der Waals surface area (Å²) in [4.78, 5) is 23.2.